The molecule has 33 heavy (non-hydrogen) atoms. The molecule has 2 aliphatic rings. The molecule has 9 nitrogen and oxygen atoms in total. The number of ether oxygens (including phenoxy) is 2. The number of nitrogens with zero attached hydrogens (tertiary/aromatic N) is 4. The van der Waals surface area contributed by atoms with Gasteiger partial charge in [-0.05, 0) is 51.9 Å². The Bertz CT molecular complexity index is 964. The van der Waals surface area contributed by atoms with Gasteiger partial charge in [0.15, 0.2) is 0 Å². The van der Waals surface area contributed by atoms with Crippen LogP contribution in [0.3, 0.4) is 0 Å². The van der Waals surface area contributed by atoms with Crippen LogP contribution in [0.15, 0.2) is 12.4 Å². The van der Waals surface area contributed by atoms with Crippen LogP contribution in [0.2, 0.25) is 0 Å². The topological polar surface area (TPSA) is 98.6 Å². The third-order valence-corrected chi connectivity index (χ3v) is 7.47. The van der Waals surface area contributed by atoms with Crippen molar-refractivity contribution in [1.82, 2.24) is 25.0 Å². The molecule has 1 aliphatic carbocycles. The molecule has 2 amide bonds. The van der Waals surface area contributed by atoms with E-state index in [2.05, 4.69) is 22.1 Å². The molecule has 0 aromatic carbocycles. The molecule has 0 spiro atoms. The van der Waals surface area contributed by atoms with Crippen molar-refractivity contribution >= 4 is 23.3 Å². The average Bonchev–Trinajstić information content (AvgIpc) is 3.42. The number of hydrogen-bond acceptors (Lipinski definition) is 7. The molecule has 2 aromatic rings. The number of aryl methyl sites for hydroxylation is 2. The zero-order valence-corrected chi connectivity index (χ0v) is 20.4. The van der Waals surface area contributed by atoms with E-state index in [0.717, 1.165) is 59.7 Å². The molecule has 0 bridgehead atoms. The van der Waals surface area contributed by atoms with Crippen LogP contribution in [0.1, 0.15) is 62.2 Å². The Balaban J connectivity index is 1.54. The highest BCUT2D eigenvalue weighted by molar-refractivity contribution is 7.15. The smallest absolute Gasteiger partial charge is 0.406 e. The van der Waals surface area contributed by atoms with Crippen molar-refractivity contribution in [2.24, 2.45) is 7.05 Å². The Morgan fingerprint density at radius 2 is 2.18 bits per heavy atom. The average molecular weight is 476 g/mol. The van der Waals surface area contributed by atoms with Crippen molar-refractivity contribution in [3.63, 3.8) is 0 Å². The standard InChI is InChI=1S/C23H33N5O4S/c1-15(28(17-9-10-17)22(29)19-8-4-5-12-32-19)21-26-18(7-6-11-24-23(30)31-3)20(33-21)16-13-25-27(2)14-16/h13-15,17,19H,4-12H2,1-3H3,(H,24,30)/t15-,19-/m1/s1. The molecular weight excluding hydrogens is 442 g/mol. The number of methoxy groups -OCH3 is 1. The third-order valence-electron chi connectivity index (χ3n) is 6.15. The number of rotatable bonds is 9. The molecule has 10 heteroatoms. The van der Waals surface area contributed by atoms with Gasteiger partial charge >= 0.3 is 6.09 Å². The lowest BCUT2D eigenvalue weighted by atomic mass is 10.1. The van der Waals surface area contributed by atoms with Gasteiger partial charge in [-0.25, -0.2) is 9.78 Å². The van der Waals surface area contributed by atoms with Gasteiger partial charge in [0, 0.05) is 38.0 Å². The normalized spacial score (nSPS) is 19.2. The predicted molar refractivity (Wildman–Crippen MR) is 125 cm³/mol. The van der Waals surface area contributed by atoms with Gasteiger partial charge < -0.3 is 19.7 Å². The van der Waals surface area contributed by atoms with Crippen LogP contribution in [0.5, 0.6) is 0 Å². The fourth-order valence-electron chi connectivity index (χ4n) is 4.26. The number of aromatic nitrogens is 3. The van der Waals surface area contributed by atoms with E-state index in [1.54, 1.807) is 16.0 Å². The summed E-state index contributed by atoms with van der Waals surface area (Å²) in [6.07, 6.45) is 9.45. The summed E-state index contributed by atoms with van der Waals surface area (Å²) >= 11 is 1.63. The van der Waals surface area contributed by atoms with Crippen LogP contribution in [0.4, 0.5) is 4.79 Å². The Morgan fingerprint density at radius 3 is 2.82 bits per heavy atom. The molecule has 1 N–H and O–H groups in total. The molecular formula is C23H33N5O4S. The van der Waals surface area contributed by atoms with Crippen LogP contribution >= 0.6 is 11.3 Å². The largest absolute Gasteiger partial charge is 0.453 e. The maximum atomic E-state index is 13.4. The zero-order valence-electron chi connectivity index (χ0n) is 19.6. The quantitative estimate of drug-likeness (QED) is 0.558. The Hall–Kier alpha value is -2.46. The first kappa shape index (κ1) is 23.7. The predicted octanol–water partition coefficient (Wildman–Crippen LogP) is 3.45. The number of amides is 2. The monoisotopic (exact) mass is 475 g/mol. The van der Waals surface area contributed by atoms with E-state index in [0.29, 0.717) is 19.6 Å². The summed E-state index contributed by atoms with van der Waals surface area (Å²) in [5.41, 5.74) is 1.99. The molecule has 1 saturated carbocycles. The first-order valence-corrected chi connectivity index (χ1v) is 12.5. The number of hydrogen-bond donors (Lipinski definition) is 1. The second-order valence-corrected chi connectivity index (χ2v) is 9.79. The summed E-state index contributed by atoms with van der Waals surface area (Å²) in [6.45, 7) is 3.25. The molecule has 180 valence electrons. The summed E-state index contributed by atoms with van der Waals surface area (Å²) in [7, 11) is 3.25. The number of carbonyl (C=O) groups excluding carboxylic acids is 2. The third kappa shape index (κ3) is 5.73. The van der Waals surface area contributed by atoms with Crippen LogP contribution in [-0.4, -0.2) is 64.1 Å². The van der Waals surface area contributed by atoms with Crippen molar-refractivity contribution in [3.05, 3.63) is 23.1 Å². The molecule has 3 heterocycles. The lowest BCUT2D eigenvalue weighted by Crippen LogP contribution is -2.44. The Kier molecular flexibility index (Phi) is 7.64. The van der Waals surface area contributed by atoms with Crippen molar-refractivity contribution in [2.45, 2.75) is 70.1 Å². The van der Waals surface area contributed by atoms with E-state index in [1.807, 2.05) is 24.3 Å². The van der Waals surface area contributed by atoms with Gasteiger partial charge in [-0.3, -0.25) is 9.48 Å². The van der Waals surface area contributed by atoms with Crippen LogP contribution in [0.25, 0.3) is 10.4 Å². The number of nitrogens with one attached hydrogen (secondary N) is 1. The molecule has 4 rings (SSSR count). The van der Waals surface area contributed by atoms with Gasteiger partial charge in [0.2, 0.25) is 0 Å². The molecule has 2 fully saturated rings. The molecule has 2 atom stereocenters. The van der Waals surface area contributed by atoms with Gasteiger partial charge in [0.25, 0.3) is 5.91 Å². The second kappa shape index (κ2) is 10.6. The Morgan fingerprint density at radius 1 is 1.36 bits per heavy atom. The fourth-order valence-corrected chi connectivity index (χ4v) is 5.40. The van der Waals surface area contributed by atoms with E-state index < -0.39 is 6.09 Å². The van der Waals surface area contributed by atoms with Crippen LogP contribution < -0.4 is 5.32 Å². The highest BCUT2D eigenvalue weighted by Gasteiger charge is 2.41. The lowest BCUT2D eigenvalue weighted by Gasteiger charge is -2.33. The lowest BCUT2D eigenvalue weighted by molar-refractivity contribution is -0.149. The van der Waals surface area contributed by atoms with Crippen molar-refractivity contribution < 1.29 is 19.1 Å². The molecule has 0 radical (unpaired) electrons. The van der Waals surface area contributed by atoms with Crippen molar-refractivity contribution in [3.8, 4) is 10.4 Å². The summed E-state index contributed by atoms with van der Waals surface area (Å²) in [5.74, 6) is 0.103. The van der Waals surface area contributed by atoms with Crippen LogP contribution in [-0.2, 0) is 27.7 Å². The van der Waals surface area contributed by atoms with Crippen LogP contribution in [0, 0.1) is 0 Å². The van der Waals surface area contributed by atoms with Gasteiger partial charge in [0.1, 0.15) is 11.1 Å². The highest BCUT2D eigenvalue weighted by Crippen LogP contribution is 2.40. The SMILES string of the molecule is COC(=O)NCCCc1nc([C@@H](C)N(C(=O)[C@H]2CCCCO2)C2CC2)sc1-c1cnn(C)c1. The maximum absolute atomic E-state index is 13.4. The summed E-state index contributed by atoms with van der Waals surface area (Å²) in [5, 5.41) is 7.97. The van der Waals surface area contributed by atoms with E-state index in [1.165, 1.54) is 7.11 Å². The van der Waals surface area contributed by atoms with Gasteiger partial charge in [-0.15, -0.1) is 11.3 Å². The molecule has 1 aliphatic heterocycles. The molecule has 2 aromatic heterocycles. The van der Waals surface area contributed by atoms with E-state index in [9.17, 15) is 9.59 Å². The summed E-state index contributed by atoms with van der Waals surface area (Å²) < 4.78 is 12.2. The highest BCUT2D eigenvalue weighted by atomic mass is 32.1. The summed E-state index contributed by atoms with van der Waals surface area (Å²) in [4.78, 5) is 32.8. The zero-order chi connectivity index (χ0) is 23.4. The first-order valence-electron chi connectivity index (χ1n) is 11.7. The maximum Gasteiger partial charge on any atom is 0.406 e. The first-order chi connectivity index (χ1) is 16.0. The number of alkyl carbamates (subject to hydrolysis) is 1. The van der Waals surface area contributed by atoms with E-state index in [4.69, 9.17) is 9.72 Å². The van der Waals surface area contributed by atoms with Gasteiger partial charge in [-0.2, -0.15) is 5.10 Å². The minimum absolute atomic E-state index is 0.103. The second-order valence-electron chi connectivity index (χ2n) is 8.76. The number of carbonyl (C=O) groups is 2. The van der Waals surface area contributed by atoms with Crippen molar-refractivity contribution in [2.75, 3.05) is 20.3 Å². The summed E-state index contributed by atoms with van der Waals surface area (Å²) in [6, 6.07) is 0.161. The molecule has 0 unspecified atom stereocenters. The minimum Gasteiger partial charge on any atom is -0.453 e. The fraction of sp³-hybridized carbons (Fsp3) is 0.652. The van der Waals surface area contributed by atoms with Crippen molar-refractivity contribution in [1.29, 1.82) is 0 Å². The van der Waals surface area contributed by atoms with Gasteiger partial charge in [-0.1, -0.05) is 0 Å². The Labute approximate surface area is 198 Å². The van der Waals surface area contributed by atoms with E-state index >= 15 is 0 Å². The minimum atomic E-state index is -0.432. The number of thiazole rings is 1. The van der Waals surface area contributed by atoms with Gasteiger partial charge in [0.05, 0.1) is 29.9 Å². The molecule has 1 saturated heterocycles. The van der Waals surface area contributed by atoms with E-state index in [-0.39, 0.29) is 24.1 Å².